The molecule has 82 valence electrons. The van der Waals surface area contributed by atoms with Crippen molar-refractivity contribution < 1.29 is 9.42 Å². The first-order valence-corrected chi connectivity index (χ1v) is 5.98. The highest BCUT2D eigenvalue weighted by atomic mass is 31.2. The summed E-state index contributed by atoms with van der Waals surface area (Å²) in [6, 6.07) is 0.650. The van der Waals surface area contributed by atoms with Gasteiger partial charge in [0.1, 0.15) is 0 Å². The van der Waals surface area contributed by atoms with E-state index in [0.29, 0.717) is 12.1 Å². The first-order valence-electron chi connectivity index (χ1n) is 4.82. The van der Waals surface area contributed by atoms with Crippen LogP contribution in [0.15, 0.2) is 0 Å². The van der Waals surface area contributed by atoms with Crippen LogP contribution in [0.1, 0.15) is 41.5 Å². The van der Waals surface area contributed by atoms with Crippen LogP contribution >= 0.6 is 8.53 Å². The average molecular weight is 209 g/mol. The van der Waals surface area contributed by atoms with Gasteiger partial charge in [-0.15, -0.1) is 0 Å². The van der Waals surface area contributed by atoms with E-state index in [4.69, 9.17) is 4.52 Å². The molecule has 0 spiro atoms. The summed E-state index contributed by atoms with van der Waals surface area (Å²) < 4.78 is 6.83. The zero-order valence-electron chi connectivity index (χ0n) is 9.90. The van der Waals surface area contributed by atoms with Crippen LogP contribution in [0.5, 0.6) is 0 Å². The predicted molar refractivity (Wildman–Crippen MR) is 59.6 cm³/mol. The SMILES string of the molecule is CC.COP(O)N(C(C)C)C(C)C. The third kappa shape index (κ3) is 6.39. The van der Waals surface area contributed by atoms with Crippen LogP contribution in [0, 0.1) is 0 Å². The van der Waals surface area contributed by atoms with E-state index in [1.807, 2.05) is 46.2 Å². The molecule has 1 unspecified atom stereocenters. The lowest BCUT2D eigenvalue weighted by molar-refractivity contribution is 0.238. The van der Waals surface area contributed by atoms with Crippen molar-refractivity contribution in [2.75, 3.05) is 7.11 Å². The van der Waals surface area contributed by atoms with Gasteiger partial charge in [-0.05, 0) is 27.7 Å². The molecule has 0 aliphatic heterocycles. The van der Waals surface area contributed by atoms with Crippen molar-refractivity contribution in [2.45, 2.75) is 53.6 Å². The zero-order chi connectivity index (χ0) is 11.0. The normalized spacial score (nSPS) is 13.2. The van der Waals surface area contributed by atoms with Crippen molar-refractivity contribution in [3.05, 3.63) is 0 Å². The molecule has 0 saturated carbocycles. The van der Waals surface area contributed by atoms with E-state index in [2.05, 4.69) is 0 Å². The molecule has 0 bridgehead atoms. The zero-order valence-corrected chi connectivity index (χ0v) is 10.8. The Morgan fingerprint density at radius 2 is 1.38 bits per heavy atom. The first-order chi connectivity index (χ1) is 6.00. The Kier molecular flexibility index (Phi) is 10.8. The van der Waals surface area contributed by atoms with E-state index >= 15 is 0 Å². The molecular formula is C9H24NO2P. The van der Waals surface area contributed by atoms with Gasteiger partial charge < -0.3 is 9.42 Å². The fourth-order valence-electron chi connectivity index (χ4n) is 1.09. The lowest BCUT2D eigenvalue weighted by Crippen LogP contribution is -2.32. The summed E-state index contributed by atoms with van der Waals surface area (Å²) in [5.74, 6) is 0. The molecule has 0 aliphatic carbocycles. The largest absolute Gasteiger partial charge is 0.338 e. The molecule has 4 heteroatoms. The molecule has 0 fully saturated rings. The topological polar surface area (TPSA) is 32.7 Å². The maximum atomic E-state index is 9.43. The van der Waals surface area contributed by atoms with Crippen LogP contribution in [0.3, 0.4) is 0 Å². The fraction of sp³-hybridized carbons (Fsp3) is 1.00. The van der Waals surface area contributed by atoms with Gasteiger partial charge in [-0.25, -0.2) is 4.67 Å². The highest BCUT2D eigenvalue weighted by molar-refractivity contribution is 7.43. The lowest BCUT2D eigenvalue weighted by Gasteiger charge is -2.31. The molecule has 0 radical (unpaired) electrons. The van der Waals surface area contributed by atoms with Crippen LogP contribution in [0.2, 0.25) is 0 Å². The third-order valence-corrected chi connectivity index (χ3v) is 3.06. The predicted octanol–water partition coefficient (Wildman–Crippen LogP) is 3.00. The van der Waals surface area contributed by atoms with Crippen molar-refractivity contribution in [2.24, 2.45) is 0 Å². The monoisotopic (exact) mass is 209 g/mol. The summed E-state index contributed by atoms with van der Waals surface area (Å²) in [6.07, 6.45) is 0. The highest BCUT2D eigenvalue weighted by Gasteiger charge is 2.22. The fourth-order valence-corrected chi connectivity index (χ4v) is 2.06. The molecule has 0 aromatic rings. The van der Waals surface area contributed by atoms with Crippen molar-refractivity contribution in [1.82, 2.24) is 4.67 Å². The number of nitrogens with zero attached hydrogens (tertiary/aromatic N) is 1. The van der Waals surface area contributed by atoms with Gasteiger partial charge in [-0.2, -0.15) is 0 Å². The van der Waals surface area contributed by atoms with Crippen LogP contribution in [0.4, 0.5) is 0 Å². The van der Waals surface area contributed by atoms with Crippen LogP contribution in [0.25, 0.3) is 0 Å². The molecular weight excluding hydrogens is 185 g/mol. The van der Waals surface area contributed by atoms with E-state index in [-0.39, 0.29) is 0 Å². The molecule has 13 heavy (non-hydrogen) atoms. The van der Waals surface area contributed by atoms with Crippen LogP contribution in [-0.2, 0) is 4.52 Å². The van der Waals surface area contributed by atoms with Gasteiger partial charge in [0.25, 0.3) is 8.53 Å². The standard InChI is InChI=1S/C7H18NO2P.C2H6/c1-6(2)8(7(3)4)11(9)10-5;1-2/h6-7,9H,1-5H3;1-2H3. The molecule has 0 saturated heterocycles. The minimum atomic E-state index is -1.39. The van der Waals surface area contributed by atoms with Gasteiger partial charge in [-0.1, -0.05) is 13.8 Å². The maximum absolute atomic E-state index is 9.43. The molecule has 0 heterocycles. The number of rotatable bonds is 4. The summed E-state index contributed by atoms with van der Waals surface area (Å²) in [6.45, 7) is 12.2. The minimum absolute atomic E-state index is 0.325. The molecule has 0 amide bonds. The van der Waals surface area contributed by atoms with E-state index in [9.17, 15) is 4.89 Å². The Labute approximate surface area is 84.1 Å². The summed E-state index contributed by atoms with van der Waals surface area (Å²) in [5, 5.41) is 0. The van der Waals surface area contributed by atoms with Crippen molar-refractivity contribution in [3.63, 3.8) is 0 Å². The Hall–Kier alpha value is 0.310. The second kappa shape index (κ2) is 8.89. The van der Waals surface area contributed by atoms with Crippen molar-refractivity contribution >= 4 is 8.53 Å². The summed E-state index contributed by atoms with van der Waals surface area (Å²) in [7, 11) is 0.144. The van der Waals surface area contributed by atoms with E-state index < -0.39 is 8.53 Å². The highest BCUT2D eigenvalue weighted by Crippen LogP contribution is 2.38. The number of hydrogen-bond donors (Lipinski definition) is 1. The molecule has 0 aliphatic rings. The summed E-state index contributed by atoms with van der Waals surface area (Å²) in [4.78, 5) is 9.43. The minimum Gasteiger partial charge on any atom is -0.338 e. The van der Waals surface area contributed by atoms with Gasteiger partial charge in [0.15, 0.2) is 0 Å². The summed E-state index contributed by atoms with van der Waals surface area (Å²) >= 11 is 0. The van der Waals surface area contributed by atoms with Gasteiger partial charge in [0.2, 0.25) is 0 Å². The summed E-state index contributed by atoms with van der Waals surface area (Å²) in [5.41, 5.74) is 0. The molecule has 0 aromatic carbocycles. The Morgan fingerprint density at radius 3 is 1.46 bits per heavy atom. The second-order valence-corrected chi connectivity index (χ2v) is 4.34. The van der Waals surface area contributed by atoms with Crippen LogP contribution < -0.4 is 0 Å². The molecule has 1 atom stereocenters. The molecule has 0 rings (SSSR count). The molecule has 1 N–H and O–H groups in total. The van der Waals surface area contributed by atoms with Gasteiger partial charge in [0, 0.05) is 19.2 Å². The number of hydrogen-bond acceptors (Lipinski definition) is 3. The van der Waals surface area contributed by atoms with Crippen LogP contribution in [-0.4, -0.2) is 28.8 Å². The third-order valence-electron chi connectivity index (χ3n) is 1.42. The van der Waals surface area contributed by atoms with Gasteiger partial charge in [-0.3, -0.25) is 0 Å². The second-order valence-electron chi connectivity index (χ2n) is 3.00. The van der Waals surface area contributed by atoms with Gasteiger partial charge >= 0.3 is 0 Å². The molecule has 0 aromatic heterocycles. The average Bonchev–Trinajstić information content (AvgIpc) is 2.06. The lowest BCUT2D eigenvalue weighted by atomic mass is 10.3. The first kappa shape index (κ1) is 15.8. The smallest absolute Gasteiger partial charge is 0.256 e. The van der Waals surface area contributed by atoms with E-state index in [0.717, 1.165) is 0 Å². The van der Waals surface area contributed by atoms with Gasteiger partial charge in [0.05, 0.1) is 0 Å². The van der Waals surface area contributed by atoms with Crippen molar-refractivity contribution in [1.29, 1.82) is 0 Å². The Balaban J connectivity index is 0. The van der Waals surface area contributed by atoms with E-state index in [1.54, 1.807) is 0 Å². The van der Waals surface area contributed by atoms with Crippen molar-refractivity contribution in [3.8, 4) is 0 Å². The maximum Gasteiger partial charge on any atom is 0.256 e. The Bertz CT molecular complexity index is 102. The van der Waals surface area contributed by atoms with E-state index in [1.165, 1.54) is 7.11 Å². The quantitative estimate of drug-likeness (QED) is 0.722. The molecule has 3 nitrogen and oxygen atoms in total. The Morgan fingerprint density at radius 1 is 1.08 bits per heavy atom.